The van der Waals surface area contributed by atoms with Gasteiger partial charge >= 0.3 is 0 Å². The zero-order valence-corrected chi connectivity index (χ0v) is 18.5. The first-order valence-corrected chi connectivity index (χ1v) is 12.1. The highest BCUT2D eigenvalue weighted by atomic mass is 32.2. The van der Waals surface area contributed by atoms with E-state index in [9.17, 15) is 13.2 Å². The summed E-state index contributed by atoms with van der Waals surface area (Å²) in [6.45, 7) is 6.77. The smallest absolute Gasteiger partial charge is 0.251 e. The average Bonchev–Trinajstić information content (AvgIpc) is 2.74. The van der Waals surface area contributed by atoms with Crippen molar-refractivity contribution in [3.05, 3.63) is 65.2 Å². The number of hydrogen-bond acceptors (Lipinski definition) is 4. The molecule has 30 heavy (non-hydrogen) atoms. The molecule has 0 radical (unpaired) electrons. The third-order valence-corrected chi connectivity index (χ3v) is 7.19. The van der Waals surface area contributed by atoms with Crippen molar-refractivity contribution in [2.45, 2.75) is 57.1 Å². The van der Waals surface area contributed by atoms with E-state index < -0.39 is 10.0 Å². The molecule has 1 fully saturated rings. The fourth-order valence-corrected chi connectivity index (χ4v) is 4.87. The van der Waals surface area contributed by atoms with Crippen LogP contribution in [0.4, 0.5) is 0 Å². The lowest BCUT2D eigenvalue weighted by Gasteiger charge is -2.33. The Balaban J connectivity index is 1.63. The Kier molecular flexibility index (Phi) is 7.64. The zero-order chi connectivity index (χ0) is 21.6. The van der Waals surface area contributed by atoms with Crippen molar-refractivity contribution >= 4 is 15.9 Å². The lowest BCUT2D eigenvalue weighted by molar-refractivity contribution is 0.0950. The molecule has 0 bridgehead atoms. The van der Waals surface area contributed by atoms with E-state index in [4.69, 9.17) is 0 Å². The molecule has 3 rings (SSSR count). The Hall–Kier alpha value is -2.22. The number of nitrogens with zero attached hydrogens (tertiary/aromatic N) is 1. The van der Waals surface area contributed by atoms with Gasteiger partial charge in [0.15, 0.2) is 0 Å². The third-order valence-electron chi connectivity index (χ3n) is 5.63. The maximum atomic E-state index is 12.6. The standard InChI is InChI=1S/C23H31N3O3S/c1-3-25-30(28,29)22-13-11-19(12-14-22)23(27)24-16-20-9-4-5-10-21(20)17-26-15-7-6-8-18(26)2/h4-5,9-14,18,25H,3,6-8,15-17H2,1-2H3,(H,24,27). The van der Waals surface area contributed by atoms with Gasteiger partial charge in [0.25, 0.3) is 5.91 Å². The maximum absolute atomic E-state index is 12.6. The molecule has 0 aliphatic carbocycles. The molecule has 2 aromatic carbocycles. The van der Waals surface area contributed by atoms with Gasteiger partial charge in [-0.15, -0.1) is 0 Å². The van der Waals surface area contributed by atoms with Gasteiger partial charge in [0.2, 0.25) is 10.0 Å². The van der Waals surface area contributed by atoms with Gasteiger partial charge in [-0.25, -0.2) is 13.1 Å². The van der Waals surface area contributed by atoms with Crippen LogP contribution in [-0.4, -0.2) is 38.4 Å². The van der Waals surface area contributed by atoms with Crippen molar-refractivity contribution in [2.24, 2.45) is 0 Å². The van der Waals surface area contributed by atoms with Crippen LogP contribution in [0.2, 0.25) is 0 Å². The Morgan fingerprint density at radius 3 is 2.43 bits per heavy atom. The number of sulfonamides is 1. The lowest BCUT2D eigenvalue weighted by atomic mass is 10.0. The van der Waals surface area contributed by atoms with Crippen molar-refractivity contribution in [1.82, 2.24) is 14.9 Å². The van der Waals surface area contributed by atoms with Gasteiger partial charge in [0, 0.05) is 31.2 Å². The number of carbonyl (C=O) groups is 1. The van der Waals surface area contributed by atoms with Gasteiger partial charge in [-0.05, 0) is 61.7 Å². The molecule has 1 heterocycles. The number of piperidine rings is 1. The molecule has 2 N–H and O–H groups in total. The summed E-state index contributed by atoms with van der Waals surface area (Å²) < 4.78 is 26.5. The molecule has 1 aliphatic heterocycles. The van der Waals surface area contributed by atoms with Crippen molar-refractivity contribution in [1.29, 1.82) is 0 Å². The first-order valence-electron chi connectivity index (χ1n) is 10.6. The summed E-state index contributed by atoms with van der Waals surface area (Å²) in [4.78, 5) is 15.2. The van der Waals surface area contributed by atoms with Gasteiger partial charge in [-0.1, -0.05) is 37.6 Å². The second-order valence-corrected chi connectivity index (χ2v) is 9.56. The average molecular weight is 430 g/mol. The number of benzene rings is 2. The van der Waals surface area contributed by atoms with E-state index >= 15 is 0 Å². The number of likely N-dealkylation sites (tertiary alicyclic amines) is 1. The van der Waals surface area contributed by atoms with E-state index in [1.165, 1.54) is 37.0 Å². The third kappa shape index (κ3) is 5.68. The van der Waals surface area contributed by atoms with Gasteiger partial charge in [0.05, 0.1) is 4.90 Å². The highest BCUT2D eigenvalue weighted by molar-refractivity contribution is 7.89. The minimum atomic E-state index is -3.52. The van der Waals surface area contributed by atoms with Crippen LogP contribution in [0, 0.1) is 0 Å². The topological polar surface area (TPSA) is 78.5 Å². The number of rotatable bonds is 8. The minimum absolute atomic E-state index is 0.155. The molecule has 0 aromatic heterocycles. The fraction of sp³-hybridized carbons (Fsp3) is 0.435. The normalized spacial score (nSPS) is 17.6. The summed E-state index contributed by atoms with van der Waals surface area (Å²) in [5.41, 5.74) is 2.78. The summed E-state index contributed by atoms with van der Waals surface area (Å²) in [5, 5.41) is 2.96. The highest BCUT2D eigenvalue weighted by Crippen LogP contribution is 2.21. The van der Waals surface area contributed by atoms with Crippen LogP contribution in [0.15, 0.2) is 53.4 Å². The van der Waals surface area contributed by atoms with E-state index in [1.54, 1.807) is 19.1 Å². The predicted molar refractivity (Wildman–Crippen MR) is 119 cm³/mol. The zero-order valence-electron chi connectivity index (χ0n) is 17.7. The summed E-state index contributed by atoms with van der Waals surface area (Å²) in [5.74, 6) is -0.219. The van der Waals surface area contributed by atoms with Crippen LogP contribution in [-0.2, 0) is 23.1 Å². The Bertz CT molecular complexity index is 958. The second kappa shape index (κ2) is 10.2. The van der Waals surface area contributed by atoms with Crippen LogP contribution in [0.5, 0.6) is 0 Å². The predicted octanol–water partition coefficient (Wildman–Crippen LogP) is 3.29. The maximum Gasteiger partial charge on any atom is 0.251 e. The van der Waals surface area contributed by atoms with Crippen LogP contribution in [0.3, 0.4) is 0 Å². The van der Waals surface area contributed by atoms with E-state index in [1.807, 2.05) is 12.1 Å². The molecule has 1 atom stereocenters. The summed E-state index contributed by atoms with van der Waals surface area (Å²) in [6.07, 6.45) is 3.77. The summed E-state index contributed by atoms with van der Waals surface area (Å²) in [6, 6.07) is 14.8. The molecule has 1 aliphatic rings. The molecule has 7 heteroatoms. The van der Waals surface area contributed by atoms with Gasteiger partial charge in [-0.3, -0.25) is 9.69 Å². The van der Waals surface area contributed by atoms with Gasteiger partial charge in [-0.2, -0.15) is 0 Å². The number of hydrogen-bond donors (Lipinski definition) is 2. The summed E-state index contributed by atoms with van der Waals surface area (Å²) >= 11 is 0. The van der Waals surface area contributed by atoms with Crippen LogP contribution >= 0.6 is 0 Å². The number of amides is 1. The van der Waals surface area contributed by atoms with E-state index in [2.05, 4.69) is 34.0 Å². The van der Waals surface area contributed by atoms with Crippen molar-refractivity contribution in [3.63, 3.8) is 0 Å². The molecular formula is C23H31N3O3S. The van der Waals surface area contributed by atoms with Gasteiger partial charge in [0.1, 0.15) is 0 Å². The minimum Gasteiger partial charge on any atom is -0.348 e. The first kappa shape index (κ1) is 22.5. The number of nitrogens with one attached hydrogen (secondary N) is 2. The molecule has 2 aromatic rings. The molecule has 0 spiro atoms. The summed E-state index contributed by atoms with van der Waals surface area (Å²) in [7, 11) is -3.52. The SMILES string of the molecule is CCNS(=O)(=O)c1ccc(C(=O)NCc2ccccc2CN2CCCCC2C)cc1. The lowest BCUT2D eigenvalue weighted by Crippen LogP contribution is -2.37. The quantitative estimate of drug-likeness (QED) is 0.675. The Morgan fingerprint density at radius 2 is 1.77 bits per heavy atom. The Morgan fingerprint density at radius 1 is 1.07 bits per heavy atom. The van der Waals surface area contributed by atoms with E-state index in [0.717, 1.165) is 18.7 Å². The van der Waals surface area contributed by atoms with Gasteiger partial charge < -0.3 is 5.32 Å². The molecule has 162 valence electrons. The first-order chi connectivity index (χ1) is 14.4. The van der Waals surface area contributed by atoms with Crippen LogP contribution < -0.4 is 10.0 Å². The highest BCUT2D eigenvalue weighted by Gasteiger charge is 2.19. The molecule has 1 unspecified atom stereocenters. The van der Waals surface area contributed by atoms with E-state index in [0.29, 0.717) is 24.7 Å². The molecule has 1 saturated heterocycles. The molecule has 6 nitrogen and oxygen atoms in total. The van der Waals surface area contributed by atoms with Crippen molar-refractivity contribution in [3.8, 4) is 0 Å². The van der Waals surface area contributed by atoms with Crippen molar-refractivity contribution in [2.75, 3.05) is 13.1 Å². The monoisotopic (exact) mass is 429 g/mol. The van der Waals surface area contributed by atoms with Crippen molar-refractivity contribution < 1.29 is 13.2 Å². The van der Waals surface area contributed by atoms with E-state index in [-0.39, 0.29) is 10.8 Å². The molecular weight excluding hydrogens is 398 g/mol. The number of carbonyl (C=O) groups excluding carboxylic acids is 1. The second-order valence-electron chi connectivity index (χ2n) is 7.79. The molecule has 1 amide bonds. The molecule has 0 saturated carbocycles. The van der Waals surface area contributed by atoms with Crippen LogP contribution in [0.1, 0.15) is 54.6 Å². The fourth-order valence-electron chi connectivity index (χ4n) is 3.83. The largest absolute Gasteiger partial charge is 0.348 e. The van der Waals surface area contributed by atoms with Crippen LogP contribution in [0.25, 0.3) is 0 Å². The Labute approximate surface area is 179 Å².